The third kappa shape index (κ3) is 2.52. The summed E-state index contributed by atoms with van der Waals surface area (Å²) >= 11 is 0. The van der Waals surface area contributed by atoms with E-state index < -0.39 is 0 Å². The summed E-state index contributed by atoms with van der Waals surface area (Å²) in [6, 6.07) is 14.1. The molecule has 0 aliphatic rings. The Morgan fingerprint density at radius 1 is 1.05 bits per heavy atom. The average molecular weight is 281 g/mol. The van der Waals surface area contributed by atoms with Crippen LogP contribution in [0.25, 0.3) is 22.2 Å². The third-order valence-electron chi connectivity index (χ3n) is 3.40. The number of aromatic nitrogens is 1. The van der Waals surface area contributed by atoms with Crippen molar-refractivity contribution in [3.63, 3.8) is 0 Å². The van der Waals surface area contributed by atoms with Crippen molar-refractivity contribution in [3.8, 4) is 11.3 Å². The highest BCUT2D eigenvalue weighted by atomic mass is 19.1. The molecular formula is C17H16FN3. The molecule has 0 atom stereocenters. The van der Waals surface area contributed by atoms with Crippen LogP contribution in [0.15, 0.2) is 48.5 Å². The molecule has 3 rings (SSSR count). The maximum absolute atomic E-state index is 13.5. The van der Waals surface area contributed by atoms with E-state index >= 15 is 0 Å². The Morgan fingerprint density at radius 3 is 2.57 bits per heavy atom. The van der Waals surface area contributed by atoms with E-state index in [-0.39, 0.29) is 5.82 Å². The average Bonchev–Trinajstić information content (AvgIpc) is 2.45. The van der Waals surface area contributed by atoms with Crippen LogP contribution < -0.4 is 10.6 Å². The SMILES string of the molecule is CN(C)c1cc2cc(N)ccc2nc1-c1cccc(F)c1. The highest BCUT2D eigenvalue weighted by molar-refractivity contribution is 5.90. The minimum Gasteiger partial charge on any atom is -0.399 e. The molecule has 0 saturated carbocycles. The number of nitrogens with zero attached hydrogens (tertiary/aromatic N) is 2. The Kier molecular flexibility index (Phi) is 3.22. The van der Waals surface area contributed by atoms with E-state index in [0.717, 1.165) is 27.8 Å². The molecule has 21 heavy (non-hydrogen) atoms. The highest BCUT2D eigenvalue weighted by Gasteiger charge is 2.11. The molecule has 4 heteroatoms. The van der Waals surface area contributed by atoms with Crippen molar-refractivity contribution in [2.24, 2.45) is 0 Å². The lowest BCUT2D eigenvalue weighted by Gasteiger charge is -2.18. The van der Waals surface area contributed by atoms with Gasteiger partial charge < -0.3 is 10.6 Å². The number of fused-ring (bicyclic) bond motifs is 1. The van der Waals surface area contributed by atoms with Crippen LogP contribution in [0.1, 0.15) is 0 Å². The summed E-state index contributed by atoms with van der Waals surface area (Å²) in [5.41, 5.74) is 9.82. The summed E-state index contributed by atoms with van der Waals surface area (Å²) in [5.74, 6) is -0.267. The third-order valence-corrected chi connectivity index (χ3v) is 3.40. The zero-order valence-corrected chi connectivity index (χ0v) is 12.0. The molecule has 1 heterocycles. The Morgan fingerprint density at radius 2 is 1.86 bits per heavy atom. The fraction of sp³-hybridized carbons (Fsp3) is 0.118. The molecular weight excluding hydrogens is 265 g/mol. The van der Waals surface area contributed by atoms with Gasteiger partial charge in [0.1, 0.15) is 5.82 Å². The molecule has 0 unspecified atom stereocenters. The number of halogens is 1. The molecule has 0 radical (unpaired) electrons. The lowest BCUT2D eigenvalue weighted by Crippen LogP contribution is -2.11. The van der Waals surface area contributed by atoms with E-state index in [9.17, 15) is 4.39 Å². The fourth-order valence-corrected chi connectivity index (χ4v) is 2.37. The normalized spacial score (nSPS) is 10.8. The van der Waals surface area contributed by atoms with Crippen molar-refractivity contribution in [1.82, 2.24) is 4.98 Å². The molecule has 0 saturated heterocycles. The van der Waals surface area contributed by atoms with Gasteiger partial charge in [0.15, 0.2) is 0 Å². The van der Waals surface area contributed by atoms with Gasteiger partial charge in [-0.3, -0.25) is 0 Å². The van der Waals surface area contributed by atoms with Gasteiger partial charge in [-0.25, -0.2) is 9.37 Å². The first-order valence-corrected chi connectivity index (χ1v) is 6.68. The number of pyridine rings is 1. The molecule has 0 aliphatic heterocycles. The second-order valence-corrected chi connectivity index (χ2v) is 5.21. The van der Waals surface area contributed by atoms with Gasteiger partial charge in [0.2, 0.25) is 0 Å². The molecule has 2 aromatic carbocycles. The summed E-state index contributed by atoms with van der Waals surface area (Å²) in [6.07, 6.45) is 0. The quantitative estimate of drug-likeness (QED) is 0.728. The number of hydrogen-bond acceptors (Lipinski definition) is 3. The van der Waals surface area contributed by atoms with Gasteiger partial charge in [-0.15, -0.1) is 0 Å². The van der Waals surface area contributed by atoms with E-state index in [1.807, 2.05) is 49.3 Å². The van der Waals surface area contributed by atoms with Gasteiger partial charge in [-0.2, -0.15) is 0 Å². The van der Waals surface area contributed by atoms with Crippen molar-refractivity contribution < 1.29 is 4.39 Å². The lowest BCUT2D eigenvalue weighted by molar-refractivity contribution is 0.628. The van der Waals surface area contributed by atoms with Crippen LogP contribution in [0, 0.1) is 5.82 Å². The molecule has 3 aromatic rings. The number of nitrogens with two attached hydrogens (primary N) is 1. The van der Waals surface area contributed by atoms with Crippen molar-refractivity contribution in [3.05, 3.63) is 54.3 Å². The van der Waals surface area contributed by atoms with Gasteiger partial charge in [-0.1, -0.05) is 12.1 Å². The largest absolute Gasteiger partial charge is 0.399 e. The first-order valence-electron chi connectivity index (χ1n) is 6.68. The summed E-state index contributed by atoms with van der Waals surface area (Å²) in [6.45, 7) is 0. The highest BCUT2D eigenvalue weighted by Crippen LogP contribution is 2.32. The number of rotatable bonds is 2. The Balaban J connectivity index is 2.29. The Bertz CT molecular complexity index is 812. The topological polar surface area (TPSA) is 42.1 Å². The number of hydrogen-bond donors (Lipinski definition) is 1. The van der Waals surface area contributed by atoms with E-state index in [1.165, 1.54) is 12.1 Å². The van der Waals surface area contributed by atoms with E-state index in [1.54, 1.807) is 6.07 Å². The maximum Gasteiger partial charge on any atom is 0.123 e. The van der Waals surface area contributed by atoms with Crippen LogP contribution in [-0.4, -0.2) is 19.1 Å². The van der Waals surface area contributed by atoms with Crippen molar-refractivity contribution in [1.29, 1.82) is 0 Å². The van der Waals surface area contributed by atoms with Crippen LogP contribution in [-0.2, 0) is 0 Å². The van der Waals surface area contributed by atoms with Gasteiger partial charge >= 0.3 is 0 Å². The van der Waals surface area contributed by atoms with Crippen molar-refractivity contribution >= 4 is 22.3 Å². The summed E-state index contributed by atoms with van der Waals surface area (Å²) in [5, 5.41) is 0.971. The minimum absolute atomic E-state index is 0.267. The fourth-order valence-electron chi connectivity index (χ4n) is 2.37. The van der Waals surface area contributed by atoms with Crippen LogP contribution in [0.2, 0.25) is 0 Å². The van der Waals surface area contributed by atoms with Gasteiger partial charge in [0, 0.05) is 30.7 Å². The second-order valence-electron chi connectivity index (χ2n) is 5.21. The van der Waals surface area contributed by atoms with E-state index in [2.05, 4.69) is 4.98 Å². The number of anilines is 2. The van der Waals surface area contributed by atoms with E-state index in [0.29, 0.717) is 5.69 Å². The predicted molar refractivity (Wildman–Crippen MR) is 85.9 cm³/mol. The lowest BCUT2D eigenvalue weighted by atomic mass is 10.1. The molecule has 0 fully saturated rings. The molecule has 3 nitrogen and oxygen atoms in total. The second kappa shape index (κ2) is 5.05. The molecule has 1 aromatic heterocycles. The molecule has 0 amide bonds. The van der Waals surface area contributed by atoms with Crippen molar-refractivity contribution in [2.75, 3.05) is 24.7 Å². The van der Waals surface area contributed by atoms with Gasteiger partial charge in [0.05, 0.1) is 16.9 Å². The standard InChI is InChI=1S/C17H16FN3/c1-21(2)16-10-12-9-14(19)6-7-15(12)20-17(16)11-4-3-5-13(18)8-11/h3-10H,19H2,1-2H3. The molecule has 0 spiro atoms. The van der Waals surface area contributed by atoms with Gasteiger partial charge in [-0.05, 0) is 36.4 Å². The Hall–Kier alpha value is -2.62. The zero-order valence-electron chi connectivity index (χ0n) is 12.0. The van der Waals surface area contributed by atoms with Gasteiger partial charge in [0.25, 0.3) is 0 Å². The molecule has 0 aliphatic carbocycles. The first kappa shape index (κ1) is 13.4. The summed E-state index contributed by atoms with van der Waals surface area (Å²) in [7, 11) is 3.88. The minimum atomic E-state index is -0.267. The number of nitrogen functional groups attached to an aromatic ring is 1. The Labute approximate surface area is 122 Å². The van der Waals surface area contributed by atoms with Crippen molar-refractivity contribution in [2.45, 2.75) is 0 Å². The smallest absolute Gasteiger partial charge is 0.123 e. The maximum atomic E-state index is 13.5. The van der Waals surface area contributed by atoms with Crippen LogP contribution in [0.4, 0.5) is 15.8 Å². The summed E-state index contributed by atoms with van der Waals surface area (Å²) in [4.78, 5) is 6.65. The monoisotopic (exact) mass is 281 g/mol. The first-order chi connectivity index (χ1) is 10.0. The van der Waals surface area contributed by atoms with Crippen LogP contribution in [0.5, 0.6) is 0 Å². The van der Waals surface area contributed by atoms with Crippen LogP contribution in [0.3, 0.4) is 0 Å². The zero-order chi connectivity index (χ0) is 15.0. The molecule has 0 bridgehead atoms. The summed E-state index contributed by atoms with van der Waals surface area (Å²) < 4.78 is 13.5. The number of benzene rings is 2. The molecule has 2 N–H and O–H groups in total. The predicted octanol–water partition coefficient (Wildman–Crippen LogP) is 3.69. The van der Waals surface area contributed by atoms with E-state index in [4.69, 9.17) is 5.73 Å². The van der Waals surface area contributed by atoms with Crippen LogP contribution >= 0.6 is 0 Å². The molecule has 106 valence electrons.